The van der Waals surface area contributed by atoms with Gasteiger partial charge in [-0.25, -0.2) is 0 Å². The summed E-state index contributed by atoms with van der Waals surface area (Å²) in [4.78, 5) is 12.4. The summed E-state index contributed by atoms with van der Waals surface area (Å²) in [6.45, 7) is 2.13. The van der Waals surface area contributed by atoms with E-state index in [1.807, 2.05) is 61.5 Å². The SMILES string of the molecule is CC(C(=O)N[C@@H]1COc2ccccc2[C@H]1O)c1ccccc1. The lowest BCUT2D eigenvalue weighted by molar-refractivity contribution is -0.124. The lowest BCUT2D eigenvalue weighted by atomic mass is 9.96. The fourth-order valence-corrected chi connectivity index (χ4v) is 2.67. The molecule has 4 nitrogen and oxygen atoms in total. The van der Waals surface area contributed by atoms with E-state index in [9.17, 15) is 9.90 Å². The molecule has 2 aromatic rings. The van der Waals surface area contributed by atoms with Gasteiger partial charge in [-0.3, -0.25) is 4.79 Å². The molecule has 2 N–H and O–H groups in total. The average Bonchev–Trinajstić information content (AvgIpc) is 2.57. The summed E-state index contributed by atoms with van der Waals surface area (Å²) in [5.41, 5.74) is 1.66. The molecule has 1 unspecified atom stereocenters. The van der Waals surface area contributed by atoms with Gasteiger partial charge in [-0.05, 0) is 18.6 Å². The van der Waals surface area contributed by atoms with Gasteiger partial charge in [0.25, 0.3) is 0 Å². The van der Waals surface area contributed by atoms with Crippen molar-refractivity contribution in [2.75, 3.05) is 6.61 Å². The fraction of sp³-hybridized carbons (Fsp3) is 0.278. The minimum absolute atomic E-state index is 0.113. The van der Waals surface area contributed by atoms with Crippen LogP contribution >= 0.6 is 0 Å². The van der Waals surface area contributed by atoms with Gasteiger partial charge in [0.15, 0.2) is 0 Å². The monoisotopic (exact) mass is 297 g/mol. The van der Waals surface area contributed by atoms with Crippen LogP contribution in [0, 0.1) is 0 Å². The summed E-state index contributed by atoms with van der Waals surface area (Å²) in [6.07, 6.45) is -0.753. The Morgan fingerprint density at radius 3 is 2.64 bits per heavy atom. The van der Waals surface area contributed by atoms with Crippen LogP contribution in [0.5, 0.6) is 5.75 Å². The van der Waals surface area contributed by atoms with Gasteiger partial charge < -0.3 is 15.2 Å². The molecule has 114 valence electrons. The van der Waals surface area contributed by atoms with Crippen LogP contribution in [-0.2, 0) is 4.79 Å². The molecule has 0 bridgehead atoms. The molecule has 22 heavy (non-hydrogen) atoms. The number of para-hydroxylation sites is 1. The molecule has 0 saturated heterocycles. The summed E-state index contributed by atoms with van der Waals surface area (Å²) >= 11 is 0. The van der Waals surface area contributed by atoms with E-state index in [1.54, 1.807) is 0 Å². The van der Waals surface area contributed by atoms with Crippen molar-refractivity contribution >= 4 is 5.91 Å². The van der Waals surface area contributed by atoms with E-state index in [2.05, 4.69) is 5.32 Å². The maximum absolute atomic E-state index is 12.4. The molecule has 3 atom stereocenters. The first-order valence-electron chi connectivity index (χ1n) is 7.42. The second kappa shape index (κ2) is 6.20. The summed E-state index contributed by atoms with van der Waals surface area (Å²) in [5, 5.41) is 13.3. The van der Waals surface area contributed by atoms with Crippen LogP contribution in [0.25, 0.3) is 0 Å². The molecule has 1 heterocycles. The van der Waals surface area contributed by atoms with Crippen molar-refractivity contribution in [3.8, 4) is 5.75 Å². The Balaban J connectivity index is 1.70. The van der Waals surface area contributed by atoms with Gasteiger partial charge in [-0.15, -0.1) is 0 Å². The van der Waals surface area contributed by atoms with Gasteiger partial charge in [0.2, 0.25) is 5.91 Å². The van der Waals surface area contributed by atoms with Gasteiger partial charge in [0.05, 0.1) is 12.0 Å². The predicted octanol–water partition coefficient (Wildman–Crippen LogP) is 2.40. The van der Waals surface area contributed by atoms with Crippen molar-refractivity contribution in [1.82, 2.24) is 5.32 Å². The second-order valence-electron chi connectivity index (χ2n) is 5.54. The third-order valence-corrected chi connectivity index (χ3v) is 4.06. The van der Waals surface area contributed by atoms with Crippen LogP contribution in [0.3, 0.4) is 0 Å². The van der Waals surface area contributed by atoms with E-state index in [1.165, 1.54) is 0 Å². The number of rotatable bonds is 3. The van der Waals surface area contributed by atoms with Crippen molar-refractivity contribution < 1.29 is 14.6 Å². The van der Waals surface area contributed by atoms with E-state index < -0.39 is 12.1 Å². The smallest absolute Gasteiger partial charge is 0.227 e. The minimum Gasteiger partial charge on any atom is -0.491 e. The largest absolute Gasteiger partial charge is 0.491 e. The molecule has 1 amide bonds. The van der Waals surface area contributed by atoms with Crippen molar-refractivity contribution in [2.45, 2.75) is 25.0 Å². The number of fused-ring (bicyclic) bond motifs is 1. The first-order valence-corrected chi connectivity index (χ1v) is 7.42. The van der Waals surface area contributed by atoms with Crippen molar-refractivity contribution in [3.05, 3.63) is 65.7 Å². The highest BCUT2D eigenvalue weighted by Gasteiger charge is 2.31. The normalized spacial score (nSPS) is 21.4. The zero-order valence-electron chi connectivity index (χ0n) is 12.4. The summed E-state index contributed by atoms with van der Waals surface area (Å²) < 4.78 is 5.62. The maximum Gasteiger partial charge on any atom is 0.227 e. The minimum atomic E-state index is -0.753. The number of carbonyl (C=O) groups excluding carboxylic acids is 1. The Kier molecular flexibility index (Phi) is 4.11. The van der Waals surface area contributed by atoms with Crippen molar-refractivity contribution in [1.29, 1.82) is 0 Å². The number of nitrogens with one attached hydrogen (secondary N) is 1. The molecule has 1 aliphatic rings. The summed E-state index contributed by atoms with van der Waals surface area (Å²) in [6, 6.07) is 16.5. The Hall–Kier alpha value is -2.33. The number of carbonyl (C=O) groups is 1. The molecule has 0 aromatic heterocycles. The number of benzene rings is 2. The second-order valence-corrected chi connectivity index (χ2v) is 5.54. The number of hydrogen-bond donors (Lipinski definition) is 2. The maximum atomic E-state index is 12.4. The van der Waals surface area contributed by atoms with Crippen LogP contribution in [0.1, 0.15) is 30.1 Å². The van der Waals surface area contributed by atoms with E-state index in [0.717, 1.165) is 5.56 Å². The molecule has 4 heteroatoms. The third-order valence-electron chi connectivity index (χ3n) is 4.06. The Labute approximate surface area is 129 Å². The standard InChI is InChI=1S/C18H19NO3/c1-12(13-7-3-2-4-8-13)18(21)19-15-11-22-16-10-6-5-9-14(16)17(15)20/h2-10,12,15,17,20H,11H2,1H3,(H,19,21)/t12?,15-,17-/m1/s1. The molecule has 0 aliphatic carbocycles. The van der Waals surface area contributed by atoms with Crippen LogP contribution < -0.4 is 10.1 Å². The van der Waals surface area contributed by atoms with Crippen molar-refractivity contribution in [2.24, 2.45) is 0 Å². The highest BCUT2D eigenvalue weighted by atomic mass is 16.5. The molecule has 3 rings (SSSR count). The van der Waals surface area contributed by atoms with Crippen LogP contribution in [-0.4, -0.2) is 23.7 Å². The molecular weight excluding hydrogens is 278 g/mol. The summed E-state index contributed by atoms with van der Waals surface area (Å²) in [7, 11) is 0. The zero-order valence-corrected chi connectivity index (χ0v) is 12.4. The first kappa shape index (κ1) is 14.6. The Morgan fingerprint density at radius 1 is 1.18 bits per heavy atom. The van der Waals surface area contributed by atoms with E-state index >= 15 is 0 Å². The quantitative estimate of drug-likeness (QED) is 0.914. The van der Waals surface area contributed by atoms with Gasteiger partial charge in [-0.1, -0.05) is 48.5 Å². The van der Waals surface area contributed by atoms with E-state index in [0.29, 0.717) is 11.3 Å². The predicted molar refractivity (Wildman–Crippen MR) is 83.7 cm³/mol. The van der Waals surface area contributed by atoms with Gasteiger partial charge in [0.1, 0.15) is 18.5 Å². The lowest BCUT2D eigenvalue weighted by Gasteiger charge is -2.31. The molecule has 0 fully saturated rings. The van der Waals surface area contributed by atoms with E-state index in [-0.39, 0.29) is 18.4 Å². The highest BCUT2D eigenvalue weighted by Crippen LogP contribution is 2.31. The van der Waals surface area contributed by atoms with Crippen molar-refractivity contribution in [3.63, 3.8) is 0 Å². The number of ether oxygens (including phenoxy) is 1. The topological polar surface area (TPSA) is 58.6 Å². The molecule has 1 aliphatic heterocycles. The molecule has 0 spiro atoms. The fourth-order valence-electron chi connectivity index (χ4n) is 2.67. The first-order chi connectivity index (χ1) is 10.7. The van der Waals surface area contributed by atoms with Crippen LogP contribution in [0.2, 0.25) is 0 Å². The Morgan fingerprint density at radius 2 is 1.86 bits per heavy atom. The zero-order chi connectivity index (χ0) is 15.5. The summed E-state index contributed by atoms with van der Waals surface area (Å²) in [5.74, 6) is 0.292. The van der Waals surface area contributed by atoms with Gasteiger partial charge >= 0.3 is 0 Å². The highest BCUT2D eigenvalue weighted by molar-refractivity contribution is 5.83. The van der Waals surface area contributed by atoms with Gasteiger partial charge in [-0.2, -0.15) is 0 Å². The Bertz CT molecular complexity index is 656. The number of amides is 1. The van der Waals surface area contributed by atoms with Crippen LogP contribution in [0.4, 0.5) is 0 Å². The van der Waals surface area contributed by atoms with E-state index in [4.69, 9.17) is 4.74 Å². The van der Waals surface area contributed by atoms with Gasteiger partial charge in [0, 0.05) is 5.56 Å². The number of aliphatic hydroxyl groups excluding tert-OH is 1. The molecule has 0 radical (unpaired) electrons. The lowest BCUT2D eigenvalue weighted by Crippen LogP contribution is -2.46. The molecule has 0 saturated carbocycles. The molecule has 2 aromatic carbocycles. The average molecular weight is 297 g/mol. The van der Waals surface area contributed by atoms with Crippen LogP contribution in [0.15, 0.2) is 54.6 Å². The number of aliphatic hydroxyl groups is 1. The number of hydrogen-bond acceptors (Lipinski definition) is 3. The third kappa shape index (κ3) is 2.83. The molecular formula is C18H19NO3.